The topological polar surface area (TPSA) is 58.2 Å². The van der Waals surface area contributed by atoms with Crippen LogP contribution in [-0.4, -0.2) is 17.9 Å². The van der Waals surface area contributed by atoms with Gasteiger partial charge in [-0.15, -0.1) is 0 Å². The molecule has 0 aliphatic carbocycles. The van der Waals surface area contributed by atoms with E-state index in [0.29, 0.717) is 11.3 Å². The molecule has 4 nitrogen and oxygen atoms in total. The number of carbonyl (C=O) groups is 2. The zero-order chi connectivity index (χ0) is 11.0. The second-order valence-electron chi connectivity index (χ2n) is 3.68. The minimum atomic E-state index is -0.496. The molecule has 0 spiro atoms. The molecule has 1 aromatic rings. The van der Waals surface area contributed by atoms with Crippen LogP contribution in [0.5, 0.6) is 0 Å². The van der Waals surface area contributed by atoms with Crippen molar-refractivity contribution in [1.29, 1.82) is 0 Å². The van der Waals surface area contributed by atoms with Gasteiger partial charge in [-0.05, 0) is 25.5 Å². The number of carbonyl (C=O) groups excluding carboxylic acids is 2. The van der Waals surface area contributed by atoms with E-state index >= 15 is 0 Å². The van der Waals surface area contributed by atoms with Crippen molar-refractivity contribution in [1.82, 2.24) is 5.32 Å². The lowest BCUT2D eigenvalue weighted by molar-refractivity contribution is -0.117. The number of aryl methyl sites for hydroxylation is 1. The zero-order valence-electron chi connectivity index (χ0n) is 8.63. The molecule has 2 rings (SSSR count). The maximum absolute atomic E-state index is 11.8. The summed E-state index contributed by atoms with van der Waals surface area (Å²) in [6, 6.07) is 4.90. The second-order valence-corrected chi connectivity index (χ2v) is 3.68. The fraction of sp³-hybridized carbons (Fsp3) is 0.273. The predicted molar refractivity (Wildman–Crippen MR) is 56.7 cm³/mol. The highest BCUT2D eigenvalue weighted by Crippen LogP contribution is 2.21. The largest absolute Gasteiger partial charge is 0.340 e. The minimum absolute atomic E-state index is 0.187. The Balaban J connectivity index is 2.56. The van der Waals surface area contributed by atoms with Crippen molar-refractivity contribution in [3.05, 3.63) is 29.3 Å². The standard InChI is InChI=1S/C11H12N2O2/c1-6-4-3-5-8-9(6)11(15)12-7(2)10(14)13-8/h3-5,7H,1-2H3,(H,12,15)(H,13,14)/t7-/m1/s1. The van der Waals surface area contributed by atoms with Crippen molar-refractivity contribution in [3.63, 3.8) is 0 Å². The lowest BCUT2D eigenvalue weighted by Crippen LogP contribution is -2.38. The lowest BCUT2D eigenvalue weighted by atomic mass is 10.1. The van der Waals surface area contributed by atoms with Crippen LogP contribution in [0.3, 0.4) is 0 Å². The van der Waals surface area contributed by atoms with Crippen LogP contribution in [0.15, 0.2) is 18.2 Å². The highest BCUT2D eigenvalue weighted by Gasteiger charge is 2.25. The Morgan fingerprint density at radius 2 is 2.00 bits per heavy atom. The van der Waals surface area contributed by atoms with E-state index in [1.807, 2.05) is 19.1 Å². The molecule has 0 radical (unpaired) electrons. The van der Waals surface area contributed by atoms with Crippen molar-refractivity contribution in [2.24, 2.45) is 0 Å². The van der Waals surface area contributed by atoms with E-state index in [-0.39, 0.29) is 11.8 Å². The smallest absolute Gasteiger partial charge is 0.254 e. The molecule has 0 saturated carbocycles. The number of hydrogen-bond acceptors (Lipinski definition) is 2. The van der Waals surface area contributed by atoms with E-state index in [1.54, 1.807) is 13.0 Å². The predicted octanol–water partition coefficient (Wildman–Crippen LogP) is 1.07. The molecular formula is C11H12N2O2. The molecule has 0 unspecified atom stereocenters. The van der Waals surface area contributed by atoms with Crippen LogP contribution in [0.1, 0.15) is 22.8 Å². The van der Waals surface area contributed by atoms with Gasteiger partial charge in [-0.25, -0.2) is 0 Å². The number of fused-ring (bicyclic) bond motifs is 1. The van der Waals surface area contributed by atoms with Crippen molar-refractivity contribution >= 4 is 17.5 Å². The first-order valence-corrected chi connectivity index (χ1v) is 4.81. The molecule has 1 aliphatic heterocycles. The lowest BCUT2D eigenvalue weighted by Gasteiger charge is -2.07. The summed E-state index contributed by atoms with van der Waals surface area (Å²) in [5.74, 6) is -0.387. The van der Waals surface area contributed by atoms with Gasteiger partial charge in [-0.3, -0.25) is 9.59 Å². The van der Waals surface area contributed by atoms with E-state index in [9.17, 15) is 9.59 Å². The molecule has 0 saturated heterocycles. The van der Waals surface area contributed by atoms with Crippen molar-refractivity contribution < 1.29 is 9.59 Å². The highest BCUT2D eigenvalue weighted by molar-refractivity contribution is 6.10. The molecule has 2 amide bonds. The van der Waals surface area contributed by atoms with Crippen molar-refractivity contribution in [2.75, 3.05) is 5.32 Å². The number of hydrogen-bond donors (Lipinski definition) is 2. The maximum Gasteiger partial charge on any atom is 0.254 e. The summed E-state index contributed by atoms with van der Waals surface area (Å²) in [6.07, 6.45) is 0. The van der Waals surface area contributed by atoms with Gasteiger partial charge in [0.05, 0.1) is 11.3 Å². The summed E-state index contributed by atoms with van der Waals surface area (Å²) in [5.41, 5.74) is 2.00. The van der Waals surface area contributed by atoms with Crippen LogP contribution in [-0.2, 0) is 4.79 Å². The third-order valence-electron chi connectivity index (χ3n) is 2.50. The average molecular weight is 204 g/mol. The Hall–Kier alpha value is -1.84. The Bertz CT molecular complexity index is 440. The van der Waals surface area contributed by atoms with Crippen LogP contribution in [0.25, 0.3) is 0 Å². The molecule has 1 aromatic carbocycles. The van der Waals surface area contributed by atoms with E-state index < -0.39 is 6.04 Å². The molecule has 2 N–H and O–H groups in total. The Labute approximate surface area is 87.7 Å². The highest BCUT2D eigenvalue weighted by atomic mass is 16.2. The summed E-state index contributed by atoms with van der Waals surface area (Å²) in [6.45, 7) is 3.51. The summed E-state index contributed by atoms with van der Waals surface area (Å²) in [4.78, 5) is 23.3. The van der Waals surface area contributed by atoms with Crippen LogP contribution in [0, 0.1) is 6.92 Å². The van der Waals surface area contributed by atoms with Gasteiger partial charge >= 0.3 is 0 Å². The maximum atomic E-state index is 11.8. The Kier molecular flexibility index (Phi) is 2.19. The normalized spacial score (nSPS) is 20.0. The van der Waals surface area contributed by atoms with Gasteiger partial charge in [-0.1, -0.05) is 12.1 Å². The van der Waals surface area contributed by atoms with E-state index in [2.05, 4.69) is 10.6 Å². The molecule has 0 aromatic heterocycles. The Morgan fingerprint density at radius 1 is 1.27 bits per heavy atom. The van der Waals surface area contributed by atoms with Crippen LogP contribution in [0.2, 0.25) is 0 Å². The monoisotopic (exact) mass is 204 g/mol. The number of anilines is 1. The van der Waals surface area contributed by atoms with Crippen LogP contribution >= 0.6 is 0 Å². The molecular weight excluding hydrogens is 192 g/mol. The summed E-state index contributed by atoms with van der Waals surface area (Å²) < 4.78 is 0. The molecule has 1 atom stereocenters. The number of nitrogens with one attached hydrogen (secondary N) is 2. The van der Waals surface area contributed by atoms with Crippen molar-refractivity contribution in [3.8, 4) is 0 Å². The van der Waals surface area contributed by atoms with E-state index in [0.717, 1.165) is 5.56 Å². The van der Waals surface area contributed by atoms with Gasteiger partial charge in [0.25, 0.3) is 5.91 Å². The van der Waals surface area contributed by atoms with Crippen LogP contribution < -0.4 is 10.6 Å². The fourth-order valence-electron chi connectivity index (χ4n) is 1.65. The first kappa shape index (κ1) is 9.71. The van der Waals surface area contributed by atoms with Gasteiger partial charge in [0.2, 0.25) is 5.91 Å². The first-order valence-electron chi connectivity index (χ1n) is 4.81. The van der Waals surface area contributed by atoms with Gasteiger partial charge in [0, 0.05) is 0 Å². The summed E-state index contributed by atoms with van der Waals surface area (Å²) >= 11 is 0. The Morgan fingerprint density at radius 3 is 2.73 bits per heavy atom. The molecule has 0 fully saturated rings. The summed E-state index contributed by atoms with van der Waals surface area (Å²) in [7, 11) is 0. The second kappa shape index (κ2) is 3.38. The fourth-order valence-corrected chi connectivity index (χ4v) is 1.65. The zero-order valence-corrected chi connectivity index (χ0v) is 8.63. The first-order chi connectivity index (χ1) is 7.09. The molecule has 1 aliphatic rings. The molecule has 78 valence electrons. The van der Waals surface area contributed by atoms with Gasteiger partial charge in [0.15, 0.2) is 0 Å². The van der Waals surface area contributed by atoms with Crippen molar-refractivity contribution in [2.45, 2.75) is 19.9 Å². The average Bonchev–Trinajstić information content (AvgIpc) is 2.26. The third-order valence-corrected chi connectivity index (χ3v) is 2.50. The SMILES string of the molecule is Cc1cccc2c1C(=O)N[C@H](C)C(=O)N2. The quantitative estimate of drug-likeness (QED) is 0.664. The van der Waals surface area contributed by atoms with Crippen LogP contribution in [0.4, 0.5) is 5.69 Å². The number of benzene rings is 1. The van der Waals surface area contributed by atoms with Gasteiger partial charge < -0.3 is 10.6 Å². The molecule has 0 bridgehead atoms. The number of rotatable bonds is 0. The van der Waals surface area contributed by atoms with Gasteiger partial charge in [0.1, 0.15) is 6.04 Å². The molecule has 4 heteroatoms. The molecule has 1 heterocycles. The van der Waals surface area contributed by atoms with E-state index in [4.69, 9.17) is 0 Å². The van der Waals surface area contributed by atoms with Gasteiger partial charge in [-0.2, -0.15) is 0 Å². The van der Waals surface area contributed by atoms with E-state index in [1.165, 1.54) is 0 Å². The summed E-state index contributed by atoms with van der Waals surface area (Å²) in [5, 5.41) is 5.36. The molecule has 15 heavy (non-hydrogen) atoms. The minimum Gasteiger partial charge on any atom is -0.340 e. The number of amides is 2. The third kappa shape index (κ3) is 1.58.